The Labute approximate surface area is 183 Å². The molecule has 10 heteroatoms. The highest BCUT2D eigenvalue weighted by atomic mass is 16.6. The molecule has 2 heterocycles. The number of anilines is 1. The number of benzene rings is 1. The molecule has 32 heavy (non-hydrogen) atoms. The van der Waals surface area contributed by atoms with Crippen LogP contribution < -0.4 is 10.6 Å². The van der Waals surface area contributed by atoms with E-state index in [0.29, 0.717) is 5.69 Å². The maximum Gasteiger partial charge on any atom is 0.339 e. The van der Waals surface area contributed by atoms with Crippen LogP contribution >= 0.6 is 0 Å². The van der Waals surface area contributed by atoms with Crippen molar-refractivity contribution in [2.75, 3.05) is 32.8 Å². The maximum atomic E-state index is 13.5. The molecule has 0 saturated carbocycles. The van der Waals surface area contributed by atoms with Crippen LogP contribution in [0.25, 0.3) is 0 Å². The van der Waals surface area contributed by atoms with Crippen LogP contribution in [0.5, 0.6) is 0 Å². The van der Waals surface area contributed by atoms with Gasteiger partial charge < -0.3 is 29.6 Å². The molecular formula is C22H22N2O8. The van der Waals surface area contributed by atoms with E-state index in [9.17, 15) is 19.2 Å². The van der Waals surface area contributed by atoms with Gasteiger partial charge in [-0.15, -0.1) is 6.58 Å². The predicted octanol–water partition coefficient (Wildman–Crippen LogP) is 0.821. The van der Waals surface area contributed by atoms with Crippen LogP contribution in [-0.2, 0) is 43.5 Å². The van der Waals surface area contributed by atoms with E-state index in [0.717, 1.165) is 21.3 Å². The van der Waals surface area contributed by atoms with E-state index in [1.165, 1.54) is 0 Å². The standard InChI is InChI=1S/C22H22N2O8/c1-5-10-24-13-9-7-6-8-12(13)22(17(18(24)23)20(27)31-4)16(19(26)30-3)14(32-21(22)28)11-15(25)29-2/h5-9H,1,10-11,23H2,2-4H3/t22-/m0/s1. The van der Waals surface area contributed by atoms with Gasteiger partial charge in [-0.25, -0.2) is 14.4 Å². The van der Waals surface area contributed by atoms with E-state index in [2.05, 4.69) is 11.3 Å². The average Bonchev–Trinajstić information content (AvgIpc) is 3.07. The first kappa shape index (κ1) is 22.6. The number of methoxy groups -OCH3 is 3. The van der Waals surface area contributed by atoms with Crippen LogP contribution in [0.1, 0.15) is 12.0 Å². The minimum Gasteiger partial charge on any atom is -0.469 e. The number of rotatable bonds is 6. The summed E-state index contributed by atoms with van der Waals surface area (Å²) in [6.45, 7) is 3.90. The summed E-state index contributed by atoms with van der Waals surface area (Å²) < 4.78 is 19.9. The molecule has 1 aromatic rings. The molecule has 0 radical (unpaired) electrons. The Hall–Kier alpha value is -4.08. The van der Waals surface area contributed by atoms with Crippen LogP contribution in [0.15, 0.2) is 59.6 Å². The van der Waals surface area contributed by atoms with E-state index >= 15 is 0 Å². The molecular weight excluding hydrogens is 420 g/mol. The lowest BCUT2D eigenvalue weighted by atomic mass is 9.66. The molecule has 3 rings (SSSR count). The van der Waals surface area contributed by atoms with Crippen LogP contribution in [-0.4, -0.2) is 51.8 Å². The number of carbonyl (C=O) groups is 4. The summed E-state index contributed by atoms with van der Waals surface area (Å²) in [6.07, 6.45) is 1.02. The molecule has 0 aliphatic carbocycles. The van der Waals surface area contributed by atoms with Crippen molar-refractivity contribution in [3.8, 4) is 0 Å². The van der Waals surface area contributed by atoms with Gasteiger partial charge in [0.15, 0.2) is 5.41 Å². The summed E-state index contributed by atoms with van der Waals surface area (Å²) in [7, 11) is 3.37. The molecule has 2 N–H and O–H groups in total. The smallest absolute Gasteiger partial charge is 0.339 e. The second-order valence-electron chi connectivity index (χ2n) is 6.85. The van der Waals surface area contributed by atoms with E-state index in [1.807, 2.05) is 0 Å². The van der Waals surface area contributed by atoms with Gasteiger partial charge in [0.1, 0.15) is 29.1 Å². The molecule has 0 unspecified atom stereocenters. The number of ether oxygens (including phenoxy) is 4. The third kappa shape index (κ3) is 3.11. The number of hydrogen-bond donors (Lipinski definition) is 1. The molecule has 0 aromatic heterocycles. The van der Waals surface area contributed by atoms with Crippen molar-refractivity contribution < 1.29 is 38.1 Å². The fraction of sp³-hybridized carbons (Fsp3) is 0.273. The van der Waals surface area contributed by atoms with Crippen LogP contribution in [0.4, 0.5) is 5.69 Å². The van der Waals surface area contributed by atoms with E-state index in [-0.39, 0.29) is 34.8 Å². The summed E-state index contributed by atoms with van der Waals surface area (Å²) in [5.74, 6) is -4.12. The van der Waals surface area contributed by atoms with Gasteiger partial charge >= 0.3 is 23.9 Å². The monoisotopic (exact) mass is 442 g/mol. The van der Waals surface area contributed by atoms with Crippen LogP contribution in [0.2, 0.25) is 0 Å². The highest BCUT2D eigenvalue weighted by Gasteiger charge is 2.64. The number of cyclic esters (lactones) is 1. The minimum atomic E-state index is -2.11. The maximum absolute atomic E-state index is 13.5. The molecule has 2 aliphatic rings. The van der Waals surface area contributed by atoms with Crippen molar-refractivity contribution >= 4 is 29.6 Å². The third-order valence-electron chi connectivity index (χ3n) is 5.32. The molecule has 0 fully saturated rings. The fourth-order valence-electron chi connectivity index (χ4n) is 4.02. The molecule has 1 atom stereocenters. The number of carbonyl (C=O) groups excluding carboxylic acids is 4. The molecule has 0 amide bonds. The van der Waals surface area contributed by atoms with Gasteiger partial charge in [-0.1, -0.05) is 24.3 Å². The molecule has 10 nitrogen and oxygen atoms in total. The van der Waals surface area contributed by atoms with Gasteiger partial charge in [-0.3, -0.25) is 4.79 Å². The second-order valence-corrected chi connectivity index (χ2v) is 6.85. The summed E-state index contributed by atoms with van der Waals surface area (Å²) >= 11 is 0. The Kier molecular flexibility index (Phi) is 6.06. The Morgan fingerprint density at radius 2 is 1.72 bits per heavy atom. The van der Waals surface area contributed by atoms with Crippen molar-refractivity contribution in [2.24, 2.45) is 5.73 Å². The summed E-state index contributed by atoms with van der Waals surface area (Å²) in [5.41, 5.74) is 4.27. The zero-order valence-electron chi connectivity index (χ0n) is 17.8. The van der Waals surface area contributed by atoms with Crippen molar-refractivity contribution in [1.82, 2.24) is 0 Å². The first-order chi connectivity index (χ1) is 15.3. The second kappa shape index (κ2) is 8.58. The number of hydrogen-bond acceptors (Lipinski definition) is 10. The van der Waals surface area contributed by atoms with Crippen molar-refractivity contribution in [2.45, 2.75) is 11.8 Å². The van der Waals surface area contributed by atoms with Crippen molar-refractivity contribution in [1.29, 1.82) is 0 Å². The Morgan fingerprint density at radius 1 is 1.09 bits per heavy atom. The topological polar surface area (TPSA) is 134 Å². The number of esters is 4. The van der Waals surface area contributed by atoms with Gasteiger partial charge in [0, 0.05) is 17.8 Å². The van der Waals surface area contributed by atoms with Crippen molar-refractivity contribution in [3.63, 3.8) is 0 Å². The Bertz CT molecular complexity index is 1090. The number of fused-ring (bicyclic) bond motifs is 2. The molecule has 0 bridgehead atoms. The number of para-hydroxylation sites is 1. The minimum absolute atomic E-state index is 0.131. The lowest BCUT2D eigenvalue weighted by Gasteiger charge is -2.40. The Morgan fingerprint density at radius 3 is 2.31 bits per heavy atom. The van der Waals surface area contributed by atoms with Gasteiger partial charge in [0.25, 0.3) is 0 Å². The molecule has 2 aliphatic heterocycles. The fourth-order valence-corrected chi connectivity index (χ4v) is 4.02. The lowest BCUT2D eigenvalue weighted by molar-refractivity contribution is -0.147. The zero-order valence-corrected chi connectivity index (χ0v) is 17.8. The van der Waals surface area contributed by atoms with Crippen LogP contribution in [0.3, 0.4) is 0 Å². The molecule has 1 aromatic carbocycles. The molecule has 0 saturated heterocycles. The van der Waals surface area contributed by atoms with Gasteiger partial charge in [-0.05, 0) is 6.07 Å². The normalized spacial score (nSPS) is 19.5. The van der Waals surface area contributed by atoms with Crippen molar-refractivity contribution in [3.05, 3.63) is 65.2 Å². The predicted molar refractivity (Wildman–Crippen MR) is 111 cm³/mol. The molecule has 1 spiro atoms. The number of nitrogens with zero attached hydrogens (tertiary/aromatic N) is 1. The lowest BCUT2D eigenvalue weighted by Crippen LogP contribution is -2.50. The van der Waals surface area contributed by atoms with Gasteiger partial charge in [-0.2, -0.15) is 0 Å². The largest absolute Gasteiger partial charge is 0.469 e. The summed E-state index contributed by atoms with van der Waals surface area (Å²) in [4.78, 5) is 53.0. The SMILES string of the molecule is C=CCN1C(N)=C(C(=O)OC)[C@]2(C(=O)OC(CC(=O)OC)=C2C(=O)OC)c2ccccc21. The quantitative estimate of drug-likeness (QED) is 0.383. The molecule has 168 valence electrons. The summed E-state index contributed by atoms with van der Waals surface area (Å²) in [5, 5.41) is 0. The first-order valence-corrected chi connectivity index (χ1v) is 9.46. The van der Waals surface area contributed by atoms with Gasteiger partial charge in [0.2, 0.25) is 0 Å². The Balaban J connectivity index is 2.48. The highest BCUT2D eigenvalue weighted by molar-refractivity contribution is 6.16. The van der Waals surface area contributed by atoms with E-state index < -0.39 is 35.7 Å². The van der Waals surface area contributed by atoms with Crippen LogP contribution in [0, 0.1) is 0 Å². The first-order valence-electron chi connectivity index (χ1n) is 9.46. The van der Waals surface area contributed by atoms with Gasteiger partial charge in [0.05, 0.1) is 21.3 Å². The average molecular weight is 442 g/mol. The van der Waals surface area contributed by atoms with E-state index in [4.69, 9.17) is 19.9 Å². The van der Waals surface area contributed by atoms with E-state index in [1.54, 1.807) is 35.2 Å². The third-order valence-corrected chi connectivity index (χ3v) is 5.32. The highest BCUT2D eigenvalue weighted by Crippen LogP contribution is 2.54. The zero-order chi connectivity index (χ0) is 23.6. The number of nitrogens with two attached hydrogens (primary N) is 1. The summed E-state index contributed by atoms with van der Waals surface area (Å²) in [6, 6.07) is 6.56.